The maximum Gasteiger partial charge on any atom is 0.252 e. The number of aromatic nitrogens is 1. The molecule has 3 rings (SSSR count). The molecule has 0 aliphatic heterocycles. The Labute approximate surface area is 158 Å². The predicted octanol–water partition coefficient (Wildman–Crippen LogP) is 4.39. The van der Waals surface area contributed by atoms with Gasteiger partial charge in [-0.2, -0.15) is 0 Å². The van der Waals surface area contributed by atoms with Gasteiger partial charge in [-0.3, -0.25) is 9.59 Å². The molecule has 1 atom stereocenters. The zero-order chi connectivity index (χ0) is 19.4. The molecule has 138 valence electrons. The van der Waals surface area contributed by atoms with Crippen LogP contribution in [-0.4, -0.2) is 22.8 Å². The first-order valence-corrected chi connectivity index (χ1v) is 9.06. The first-order valence-electron chi connectivity index (χ1n) is 9.06. The van der Waals surface area contributed by atoms with Crippen molar-refractivity contribution in [2.45, 2.75) is 33.2 Å². The van der Waals surface area contributed by atoms with Crippen LogP contribution in [0.4, 0.5) is 5.69 Å². The van der Waals surface area contributed by atoms with E-state index in [1.54, 1.807) is 0 Å². The first kappa shape index (κ1) is 18.6. The highest BCUT2D eigenvalue weighted by Gasteiger charge is 2.15. The van der Waals surface area contributed by atoms with Crippen LogP contribution in [0.25, 0.3) is 22.2 Å². The summed E-state index contributed by atoms with van der Waals surface area (Å²) in [6.45, 7) is 5.50. The number of anilines is 1. The van der Waals surface area contributed by atoms with Crippen molar-refractivity contribution < 1.29 is 9.59 Å². The SMILES string of the molecule is CCC(C)NC(=O)c1cc(-c2ccc(NC(C)=O)cc2)nc2ccccc12. The van der Waals surface area contributed by atoms with Gasteiger partial charge in [0.1, 0.15) is 0 Å². The molecule has 0 spiro atoms. The van der Waals surface area contributed by atoms with E-state index in [1.807, 2.05) is 68.4 Å². The van der Waals surface area contributed by atoms with E-state index >= 15 is 0 Å². The zero-order valence-corrected chi connectivity index (χ0v) is 15.7. The number of hydrogen-bond acceptors (Lipinski definition) is 3. The normalized spacial score (nSPS) is 11.8. The minimum absolute atomic E-state index is 0.0981. The molecule has 0 aliphatic rings. The van der Waals surface area contributed by atoms with Crippen molar-refractivity contribution in [1.29, 1.82) is 0 Å². The molecule has 5 heteroatoms. The number of amides is 2. The molecule has 1 heterocycles. The molecule has 1 aromatic heterocycles. The Bertz CT molecular complexity index is 981. The summed E-state index contributed by atoms with van der Waals surface area (Å²) >= 11 is 0. The van der Waals surface area contributed by atoms with Gasteiger partial charge in [-0.1, -0.05) is 37.3 Å². The Kier molecular flexibility index (Phi) is 5.50. The van der Waals surface area contributed by atoms with E-state index < -0.39 is 0 Å². The van der Waals surface area contributed by atoms with Crippen molar-refractivity contribution in [2.75, 3.05) is 5.32 Å². The highest BCUT2D eigenvalue weighted by atomic mass is 16.2. The molecular formula is C22H23N3O2. The third kappa shape index (κ3) is 4.31. The molecule has 2 amide bonds. The van der Waals surface area contributed by atoms with Gasteiger partial charge in [0.15, 0.2) is 0 Å². The van der Waals surface area contributed by atoms with Crippen LogP contribution >= 0.6 is 0 Å². The van der Waals surface area contributed by atoms with E-state index in [4.69, 9.17) is 4.98 Å². The lowest BCUT2D eigenvalue weighted by Crippen LogP contribution is -2.32. The molecule has 1 unspecified atom stereocenters. The fourth-order valence-electron chi connectivity index (χ4n) is 2.84. The lowest BCUT2D eigenvalue weighted by atomic mass is 10.0. The molecule has 2 N–H and O–H groups in total. The van der Waals surface area contributed by atoms with Crippen LogP contribution in [0.15, 0.2) is 54.6 Å². The molecule has 2 aromatic carbocycles. The Morgan fingerprint density at radius 2 is 1.78 bits per heavy atom. The van der Waals surface area contributed by atoms with Crippen LogP contribution in [0.2, 0.25) is 0 Å². The van der Waals surface area contributed by atoms with Crippen LogP contribution in [0, 0.1) is 0 Å². The van der Waals surface area contributed by atoms with Crippen LogP contribution in [0.1, 0.15) is 37.6 Å². The monoisotopic (exact) mass is 361 g/mol. The summed E-state index contributed by atoms with van der Waals surface area (Å²) in [5.41, 5.74) is 3.71. The number of pyridine rings is 1. The zero-order valence-electron chi connectivity index (χ0n) is 15.7. The fourth-order valence-corrected chi connectivity index (χ4v) is 2.84. The van der Waals surface area contributed by atoms with Gasteiger partial charge in [0.25, 0.3) is 5.91 Å². The van der Waals surface area contributed by atoms with Crippen molar-refractivity contribution in [3.05, 3.63) is 60.2 Å². The molecule has 27 heavy (non-hydrogen) atoms. The summed E-state index contributed by atoms with van der Waals surface area (Å²) in [5, 5.41) is 6.61. The number of hydrogen-bond donors (Lipinski definition) is 2. The first-order chi connectivity index (χ1) is 13.0. The maximum absolute atomic E-state index is 12.8. The molecule has 0 saturated heterocycles. The van der Waals surface area contributed by atoms with Gasteiger partial charge in [-0.05, 0) is 37.6 Å². The van der Waals surface area contributed by atoms with Crippen molar-refractivity contribution >= 4 is 28.4 Å². The lowest BCUT2D eigenvalue weighted by molar-refractivity contribution is -0.114. The fraction of sp³-hybridized carbons (Fsp3) is 0.227. The Balaban J connectivity index is 2.03. The Hall–Kier alpha value is -3.21. The van der Waals surface area contributed by atoms with Gasteiger partial charge < -0.3 is 10.6 Å². The number of para-hydroxylation sites is 1. The van der Waals surface area contributed by atoms with Crippen LogP contribution in [0.3, 0.4) is 0 Å². The Morgan fingerprint density at radius 1 is 1.07 bits per heavy atom. The van der Waals surface area contributed by atoms with Crippen LogP contribution in [0.5, 0.6) is 0 Å². The van der Waals surface area contributed by atoms with Gasteiger partial charge in [-0.25, -0.2) is 4.98 Å². The molecule has 0 saturated carbocycles. The van der Waals surface area contributed by atoms with E-state index in [2.05, 4.69) is 10.6 Å². The number of nitrogens with zero attached hydrogens (tertiary/aromatic N) is 1. The second-order valence-electron chi connectivity index (χ2n) is 6.61. The van der Waals surface area contributed by atoms with Crippen molar-refractivity contribution in [2.24, 2.45) is 0 Å². The average molecular weight is 361 g/mol. The van der Waals surface area contributed by atoms with Crippen molar-refractivity contribution in [3.63, 3.8) is 0 Å². The largest absolute Gasteiger partial charge is 0.350 e. The smallest absolute Gasteiger partial charge is 0.252 e. The number of fused-ring (bicyclic) bond motifs is 1. The summed E-state index contributed by atoms with van der Waals surface area (Å²) in [4.78, 5) is 28.7. The average Bonchev–Trinajstić information content (AvgIpc) is 2.67. The number of rotatable bonds is 5. The predicted molar refractivity (Wildman–Crippen MR) is 109 cm³/mol. The van der Waals surface area contributed by atoms with Crippen LogP contribution < -0.4 is 10.6 Å². The molecular weight excluding hydrogens is 338 g/mol. The summed E-state index contributed by atoms with van der Waals surface area (Å²) in [7, 11) is 0. The standard InChI is InChI=1S/C22H23N3O2/c1-4-14(2)23-22(27)19-13-21(25-20-8-6-5-7-18(19)20)16-9-11-17(12-10-16)24-15(3)26/h5-14H,4H2,1-3H3,(H,23,27)(H,24,26). The number of nitrogens with one attached hydrogen (secondary N) is 2. The summed E-state index contributed by atoms with van der Waals surface area (Å²) in [5.74, 6) is -0.213. The van der Waals surface area contributed by atoms with E-state index in [-0.39, 0.29) is 17.9 Å². The third-order valence-corrected chi connectivity index (χ3v) is 4.45. The Morgan fingerprint density at radius 3 is 2.44 bits per heavy atom. The summed E-state index contributed by atoms with van der Waals surface area (Å²) < 4.78 is 0. The molecule has 0 radical (unpaired) electrons. The van der Waals surface area contributed by atoms with E-state index in [0.717, 1.165) is 34.3 Å². The minimum Gasteiger partial charge on any atom is -0.350 e. The summed E-state index contributed by atoms with van der Waals surface area (Å²) in [6, 6.07) is 17.0. The van der Waals surface area contributed by atoms with Gasteiger partial charge >= 0.3 is 0 Å². The van der Waals surface area contributed by atoms with Gasteiger partial charge in [0.05, 0.1) is 16.8 Å². The highest BCUT2D eigenvalue weighted by molar-refractivity contribution is 6.07. The topological polar surface area (TPSA) is 71.1 Å². The van der Waals surface area contributed by atoms with E-state index in [0.29, 0.717) is 5.56 Å². The minimum atomic E-state index is -0.115. The summed E-state index contributed by atoms with van der Waals surface area (Å²) in [6.07, 6.45) is 0.867. The second-order valence-corrected chi connectivity index (χ2v) is 6.61. The van der Waals surface area contributed by atoms with Gasteiger partial charge in [0.2, 0.25) is 5.91 Å². The molecule has 5 nitrogen and oxygen atoms in total. The second kappa shape index (κ2) is 7.99. The molecule has 0 aliphatic carbocycles. The van der Waals surface area contributed by atoms with Gasteiger partial charge in [-0.15, -0.1) is 0 Å². The van der Waals surface area contributed by atoms with Gasteiger partial charge in [0, 0.05) is 29.6 Å². The third-order valence-electron chi connectivity index (χ3n) is 4.45. The highest BCUT2D eigenvalue weighted by Crippen LogP contribution is 2.26. The number of carbonyl (C=O) groups excluding carboxylic acids is 2. The number of benzene rings is 2. The van der Waals surface area contributed by atoms with Crippen molar-refractivity contribution in [1.82, 2.24) is 10.3 Å². The number of carbonyl (C=O) groups is 2. The quantitative estimate of drug-likeness (QED) is 0.708. The molecule has 3 aromatic rings. The van der Waals surface area contributed by atoms with Crippen molar-refractivity contribution in [3.8, 4) is 11.3 Å². The van der Waals surface area contributed by atoms with E-state index in [9.17, 15) is 9.59 Å². The molecule has 0 bridgehead atoms. The lowest BCUT2D eigenvalue weighted by Gasteiger charge is -2.14. The van der Waals surface area contributed by atoms with Crippen LogP contribution in [-0.2, 0) is 4.79 Å². The molecule has 0 fully saturated rings. The maximum atomic E-state index is 12.8. The van der Waals surface area contributed by atoms with E-state index in [1.165, 1.54) is 6.92 Å².